The molecule has 2 aliphatic rings. The van der Waals surface area contributed by atoms with E-state index < -0.39 is 6.10 Å². The fraction of sp³-hybridized carbons (Fsp3) is 1.00. The Morgan fingerprint density at radius 1 is 1.46 bits per heavy atom. The van der Waals surface area contributed by atoms with Gasteiger partial charge in [-0.1, -0.05) is 5.11 Å². The van der Waals surface area contributed by atoms with Gasteiger partial charge in [0.15, 0.2) is 6.29 Å². The summed E-state index contributed by atoms with van der Waals surface area (Å²) in [6.07, 6.45) is -0.280. The summed E-state index contributed by atoms with van der Waals surface area (Å²) in [5.41, 5.74) is 8.28. The summed E-state index contributed by atoms with van der Waals surface area (Å²) in [4.78, 5) is 2.72. The standard InChI is InChI=1S/C7H11N3O3/c8-10-9-4-3-13-7-6(4)5(11)1-2-12-7/h4-7,11H,1-3H2/t4?,5?,6?,7-/m0/s1. The van der Waals surface area contributed by atoms with Gasteiger partial charge in [0, 0.05) is 10.8 Å². The van der Waals surface area contributed by atoms with Crippen LogP contribution in [0.3, 0.4) is 0 Å². The second-order valence-corrected chi connectivity index (χ2v) is 3.28. The van der Waals surface area contributed by atoms with Gasteiger partial charge in [-0.15, -0.1) is 0 Å². The number of fused-ring (bicyclic) bond motifs is 1. The molecule has 6 heteroatoms. The molecule has 6 nitrogen and oxygen atoms in total. The normalized spacial score (nSPS) is 43.8. The molecule has 0 aromatic rings. The molecule has 0 bridgehead atoms. The lowest BCUT2D eigenvalue weighted by atomic mass is 9.92. The predicted octanol–water partition coefficient (Wildman–Crippen LogP) is 0.419. The highest BCUT2D eigenvalue weighted by atomic mass is 16.7. The Labute approximate surface area is 75.1 Å². The van der Waals surface area contributed by atoms with Gasteiger partial charge < -0.3 is 14.6 Å². The molecule has 2 rings (SSSR count). The van der Waals surface area contributed by atoms with Gasteiger partial charge in [-0.3, -0.25) is 0 Å². The van der Waals surface area contributed by atoms with E-state index in [1.54, 1.807) is 0 Å². The maximum atomic E-state index is 9.63. The van der Waals surface area contributed by atoms with Crippen LogP contribution in [0, 0.1) is 5.92 Å². The van der Waals surface area contributed by atoms with Crippen LogP contribution in [0.1, 0.15) is 6.42 Å². The average Bonchev–Trinajstić information content (AvgIpc) is 2.51. The second kappa shape index (κ2) is 3.51. The maximum Gasteiger partial charge on any atom is 0.163 e. The van der Waals surface area contributed by atoms with E-state index in [1.165, 1.54) is 0 Å². The molecular formula is C7H11N3O3. The lowest BCUT2D eigenvalue weighted by Crippen LogP contribution is -2.41. The monoisotopic (exact) mass is 185 g/mol. The summed E-state index contributed by atoms with van der Waals surface area (Å²) < 4.78 is 10.5. The van der Waals surface area contributed by atoms with E-state index in [-0.39, 0.29) is 18.2 Å². The molecule has 3 unspecified atom stereocenters. The molecular weight excluding hydrogens is 174 g/mol. The van der Waals surface area contributed by atoms with Crippen LogP contribution in [-0.4, -0.2) is 36.8 Å². The van der Waals surface area contributed by atoms with Crippen molar-refractivity contribution in [3.05, 3.63) is 10.4 Å². The van der Waals surface area contributed by atoms with Gasteiger partial charge in [0.1, 0.15) is 0 Å². The smallest absolute Gasteiger partial charge is 0.163 e. The zero-order valence-electron chi connectivity index (χ0n) is 7.04. The van der Waals surface area contributed by atoms with Crippen molar-refractivity contribution >= 4 is 0 Å². The van der Waals surface area contributed by atoms with Gasteiger partial charge in [-0.2, -0.15) is 0 Å². The van der Waals surface area contributed by atoms with E-state index in [0.717, 1.165) is 0 Å². The minimum absolute atomic E-state index is 0.190. The Bertz CT molecular complexity index is 241. The SMILES string of the molecule is [N-]=[N+]=NC1CO[C@@H]2OCCC(O)C12. The van der Waals surface area contributed by atoms with Crippen molar-refractivity contribution in [2.45, 2.75) is 24.9 Å². The first kappa shape index (κ1) is 8.77. The Hall–Kier alpha value is -0.810. The molecule has 0 radical (unpaired) electrons. The van der Waals surface area contributed by atoms with Crippen LogP contribution in [-0.2, 0) is 9.47 Å². The number of aliphatic hydroxyl groups excluding tert-OH is 1. The molecule has 1 N–H and O–H groups in total. The Kier molecular flexibility index (Phi) is 2.37. The molecule has 2 aliphatic heterocycles. The third-order valence-corrected chi connectivity index (χ3v) is 2.53. The lowest BCUT2D eigenvalue weighted by Gasteiger charge is -2.30. The largest absolute Gasteiger partial charge is 0.393 e. The van der Waals surface area contributed by atoms with Gasteiger partial charge in [-0.25, -0.2) is 0 Å². The van der Waals surface area contributed by atoms with Gasteiger partial charge >= 0.3 is 0 Å². The van der Waals surface area contributed by atoms with Gasteiger partial charge in [-0.05, 0) is 12.0 Å². The van der Waals surface area contributed by atoms with E-state index in [0.29, 0.717) is 19.6 Å². The van der Waals surface area contributed by atoms with Crippen molar-refractivity contribution in [1.82, 2.24) is 0 Å². The van der Waals surface area contributed by atoms with Crippen molar-refractivity contribution in [3.63, 3.8) is 0 Å². The zero-order chi connectivity index (χ0) is 9.26. The number of hydrogen-bond donors (Lipinski definition) is 1. The highest BCUT2D eigenvalue weighted by Gasteiger charge is 2.44. The third-order valence-electron chi connectivity index (χ3n) is 2.53. The van der Waals surface area contributed by atoms with E-state index >= 15 is 0 Å². The van der Waals surface area contributed by atoms with E-state index in [9.17, 15) is 5.11 Å². The minimum atomic E-state index is -0.475. The van der Waals surface area contributed by atoms with Crippen LogP contribution in [0.25, 0.3) is 10.4 Å². The first-order chi connectivity index (χ1) is 6.33. The minimum Gasteiger partial charge on any atom is -0.393 e. The zero-order valence-corrected chi connectivity index (χ0v) is 7.04. The fourth-order valence-electron chi connectivity index (χ4n) is 1.87. The molecule has 2 saturated heterocycles. The van der Waals surface area contributed by atoms with Crippen molar-refractivity contribution in [1.29, 1.82) is 0 Å². The van der Waals surface area contributed by atoms with Gasteiger partial charge in [0.2, 0.25) is 0 Å². The number of rotatable bonds is 1. The molecule has 72 valence electrons. The molecule has 4 atom stereocenters. The topological polar surface area (TPSA) is 87.5 Å². The molecule has 2 heterocycles. The van der Waals surface area contributed by atoms with E-state index in [2.05, 4.69) is 10.0 Å². The van der Waals surface area contributed by atoms with Crippen LogP contribution < -0.4 is 0 Å². The molecule has 0 aromatic carbocycles. The third kappa shape index (κ3) is 1.49. The summed E-state index contributed by atoms with van der Waals surface area (Å²) in [6.45, 7) is 0.849. The summed E-state index contributed by atoms with van der Waals surface area (Å²) in [5, 5.41) is 13.2. The summed E-state index contributed by atoms with van der Waals surface area (Å²) in [7, 11) is 0. The number of nitrogens with zero attached hydrogens (tertiary/aromatic N) is 3. The first-order valence-electron chi connectivity index (χ1n) is 4.28. The van der Waals surface area contributed by atoms with Crippen LogP contribution in [0.4, 0.5) is 0 Å². The Balaban J connectivity index is 2.12. The van der Waals surface area contributed by atoms with Crippen LogP contribution in [0.5, 0.6) is 0 Å². The highest BCUT2D eigenvalue weighted by molar-refractivity contribution is 4.91. The first-order valence-corrected chi connectivity index (χ1v) is 4.28. The van der Waals surface area contributed by atoms with Gasteiger partial charge in [0.05, 0.1) is 25.4 Å². The van der Waals surface area contributed by atoms with Crippen molar-refractivity contribution in [2.75, 3.05) is 13.2 Å². The molecule has 0 spiro atoms. The average molecular weight is 185 g/mol. The second-order valence-electron chi connectivity index (χ2n) is 3.28. The lowest BCUT2D eigenvalue weighted by molar-refractivity contribution is -0.180. The molecule has 13 heavy (non-hydrogen) atoms. The molecule has 2 fully saturated rings. The van der Waals surface area contributed by atoms with Crippen LogP contribution >= 0.6 is 0 Å². The molecule has 0 amide bonds. The molecule has 0 aliphatic carbocycles. The summed E-state index contributed by atoms with van der Waals surface area (Å²) >= 11 is 0. The highest BCUT2D eigenvalue weighted by Crippen LogP contribution is 2.32. The number of ether oxygens (including phenoxy) is 2. The summed E-state index contributed by atoms with van der Waals surface area (Å²) in [6, 6.07) is -0.287. The molecule has 0 aromatic heterocycles. The maximum absolute atomic E-state index is 9.63. The van der Waals surface area contributed by atoms with Gasteiger partial charge in [0.25, 0.3) is 0 Å². The van der Waals surface area contributed by atoms with Crippen molar-refractivity contribution in [2.24, 2.45) is 11.0 Å². The quantitative estimate of drug-likeness (QED) is 0.364. The predicted molar refractivity (Wildman–Crippen MR) is 42.7 cm³/mol. The number of hydrogen-bond acceptors (Lipinski definition) is 4. The van der Waals surface area contributed by atoms with Crippen molar-refractivity contribution in [3.8, 4) is 0 Å². The summed E-state index contributed by atoms with van der Waals surface area (Å²) in [5.74, 6) is -0.190. The number of aliphatic hydroxyl groups is 1. The van der Waals surface area contributed by atoms with E-state index in [1.807, 2.05) is 0 Å². The fourth-order valence-corrected chi connectivity index (χ4v) is 1.87. The van der Waals surface area contributed by atoms with Crippen molar-refractivity contribution < 1.29 is 14.6 Å². The van der Waals surface area contributed by atoms with E-state index in [4.69, 9.17) is 15.0 Å². The molecule has 0 saturated carbocycles. The van der Waals surface area contributed by atoms with Crippen LogP contribution in [0.2, 0.25) is 0 Å². The Morgan fingerprint density at radius 2 is 2.31 bits per heavy atom. The Morgan fingerprint density at radius 3 is 3.08 bits per heavy atom. The number of azide groups is 1. The van der Waals surface area contributed by atoms with Crippen LogP contribution in [0.15, 0.2) is 5.11 Å².